The zero-order valence-corrected chi connectivity index (χ0v) is 11.2. The van der Waals surface area contributed by atoms with Gasteiger partial charge in [0.25, 0.3) is 0 Å². The van der Waals surface area contributed by atoms with Gasteiger partial charge in [-0.2, -0.15) is 0 Å². The summed E-state index contributed by atoms with van der Waals surface area (Å²) in [5.74, 6) is 3.66. The van der Waals surface area contributed by atoms with Gasteiger partial charge in [-0.05, 0) is 29.8 Å². The second kappa shape index (κ2) is 6.52. The van der Waals surface area contributed by atoms with Gasteiger partial charge in [-0.3, -0.25) is 0 Å². The first kappa shape index (κ1) is 13.1. The molecule has 1 aromatic heterocycles. The highest BCUT2D eigenvalue weighted by Crippen LogP contribution is 2.26. The van der Waals surface area contributed by atoms with Crippen LogP contribution in [0, 0.1) is 0 Å². The zero-order chi connectivity index (χ0) is 12.8. The van der Waals surface area contributed by atoms with E-state index in [9.17, 15) is 0 Å². The number of benzene rings is 1. The van der Waals surface area contributed by atoms with E-state index in [1.807, 2.05) is 24.3 Å². The molecule has 0 bridgehead atoms. The lowest BCUT2D eigenvalue weighted by atomic mass is 10.1. The van der Waals surface area contributed by atoms with Crippen molar-refractivity contribution in [3.63, 3.8) is 0 Å². The fraction of sp³-hybridized carbons (Fsp3) is 0.286. The Morgan fingerprint density at radius 3 is 2.83 bits per heavy atom. The van der Waals surface area contributed by atoms with Gasteiger partial charge in [0.15, 0.2) is 0 Å². The molecule has 1 aromatic carbocycles. The topological polar surface area (TPSA) is 48.4 Å². The highest BCUT2D eigenvalue weighted by Gasteiger charge is 2.05. The molecule has 0 amide bonds. The zero-order valence-electron chi connectivity index (χ0n) is 10.4. The van der Waals surface area contributed by atoms with Crippen LogP contribution in [0.2, 0.25) is 0 Å². The first-order chi connectivity index (χ1) is 8.83. The van der Waals surface area contributed by atoms with Gasteiger partial charge in [-0.15, -0.1) is 11.8 Å². The van der Waals surface area contributed by atoms with Gasteiger partial charge in [-0.1, -0.05) is 6.07 Å². The summed E-state index contributed by atoms with van der Waals surface area (Å²) >= 11 is 1.80. The molecule has 3 nitrogen and oxygen atoms in total. The Kier molecular flexibility index (Phi) is 4.73. The lowest BCUT2D eigenvalue weighted by Crippen LogP contribution is -1.98. The van der Waals surface area contributed by atoms with Crippen LogP contribution in [0.1, 0.15) is 16.9 Å². The van der Waals surface area contributed by atoms with Crippen molar-refractivity contribution in [1.82, 2.24) is 0 Å². The molecule has 2 aromatic rings. The number of hydrogen-bond acceptors (Lipinski definition) is 4. The minimum atomic E-state index is 0.555. The van der Waals surface area contributed by atoms with E-state index in [-0.39, 0.29) is 0 Å². The van der Waals surface area contributed by atoms with E-state index in [0.717, 1.165) is 28.6 Å². The SMILES string of the molecule is COc1ccc(CN)cc1CSCc1ccco1. The van der Waals surface area contributed by atoms with Crippen molar-refractivity contribution in [2.24, 2.45) is 5.73 Å². The van der Waals surface area contributed by atoms with Gasteiger partial charge in [0.05, 0.1) is 19.1 Å². The fourth-order valence-electron chi connectivity index (χ4n) is 1.73. The summed E-state index contributed by atoms with van der Waals surface area (Å²) in [4.78, 5) is 0. The number of nitrogens with two attached hydrogens (primary N) is 1. The maximum absolute atomic E-state index is 5.65. The third-order valence-electron chi connectivity index (χ3n) is 2.66. The van der Waals surface area contributed by atoms with Crippen LogP contribution in [-0.4, -0.2) is 7.11 Å². The van der Waals surface area contributed by atoms with E-state index >= 15 is 0 Å². The first-order valence-electron chi connectivity index (χ1n) is 5.79. The molecule has 4 heteroatoms. The van der Waals surface area contributed by atoms with Gasteiger partial charge in [0.2, 0.25) is 0 Å². The second-order valence-electron chi connectivity index (χ2n) is 3.92. The van der Waals surface area contributed by atoms with Crippen LogP contribution in [0.4, 0.5) is 0 Å². The van der Waals surface area contributed by atoms with E-state index in [2.05, 4.69) is 6.07 Å². The van der Waals surface area contributed by atoms with Crippen LogP contribution in [0.3, 0.4) is 0 Å². The van der Waals surface area contributed by atoms with E-state index in [1.54, 1.807) is 25.1 Å². The molecule has 0 aliphatic carbocycles. The van der Waals surface area contributed by atoms with Crippen LogP contribution < -0.4 is 10.5 Å². The molecule has 0 saturated heterocycles. The Morgan fingerprint density at radius 1 is 1.28 bits per heavy atom. The lowest BCUT2D eigenvalue weighted by molar-refractivity contribution is 0.411. The van der Waals surface area contributed by atoms with Crippen molar-refractivity contribution in [2.75, 3.05) is 7.11 Å². The second-order valence-corrected chi connectivity index (χ2v) is 4.91. The summed E-state index contributed by atoms with van der Waals surface area (Å²) in [6.07, 6.45) is 1.70. The molecule has 2 rings (SSSR count). The molecule has 0 saturated carbocycles. The summed E-state index contributed by atoms with van der Waals surface area (Å²) in [5, 5.41) is 0. The van der Waals surface area contributed by atoms with Gasteiger partial charge < -0.3 is 14.9 Å². The first-order valence-corrected chi connectivity index (χ1v) is 6.95. The molecule has 2 N–H and O–H groups in total. The Morgan fingerprint density at radius 2 is 2.17 bits per heavy atom. The van der Waals surface area contributed by atoms with Gasteiger partial charge in [-0.25, -0.2) is 0 Å². The van der Waals surface area contributed by atoms with Crippen LogP contribution in [0.25, 0.3) is 0 Å². The number of furan rings is 1. The van der Waals surface area contributed by atoms with Crippen LogP contribution in [-0.2, 0) is 18.1 Å². The third kappa shape index (κ3) is 3.31. The summed E-state index contributed by atoms with van der Waals surface area (Å²) < 4.78 is 10.7. The Labute approximate surface area is 111 Å². The van der Waals surface area contributed by atoms with Gasteiger partial charge in [0, 0.05) is 17.9 Å². The summed E-state index contributed by atoms with van der Waals surface area (Å²) in [7, 11) is 1.69. The average Bonchev–Trinajstić information content (AvgIpc) is 2.92. The smallest absolute Gasteiger partial charge is 0.122 e. The number of rotatable bonds is 6. The fourth-order valence-corrected chi connectivity index (χ4v) is 2.64. The average molecular weight is 263 g/mol. The molecule has 0 unspecified atom stereocenters. The Balaban J connectivity index is 1.98. The largest absolute Gasteiger partial charge is 0.496 e. The van der Waals surface area contributed by atoms with Crippen molar-refractivity contribution >= 4 is 11.8 Å². The van der Waals surface area contributed by atoms with Crippen molar-refractivity contribution in [3.8, 4) is 5.75 Å². The van der Waals surface area contributed by atoms with Crippen LogP contribution >= 0.6 is 11.8 Å². The van der Waals surface area contributed by atoms with Crippen molar-refractivity contribution < 1.29 is 9.15 Å². The molecule has 0 atom stereocenters. The van der Waals surface area contributed by atoms with E-state index in [0.29, 0.717) is 6.54 Å². The summed E-state index contributed by atoms with van der Waals surface area (Å²) in [6.45, 7) is 0.555. The predicted molar refractivity (Wildman–Crippen MR) is 74.6 cm³/mol. The predicted octanol–water partition coefficient (Wildman–Crippen LogP) is 3.18. The number of methoxy groups -OCH3 is 1. The minimum Gasteiger partial charge on any atom is -0.496 e. The quantitative estimate of drug-likeness (QED) is 0.869. The molecule has 96 valence electrons. The van der Waals surface area contributed by atoms with Crippen molar-refractivity contribution in [2.45, 2.75) is 18.1 Å². The van der Waals surface area contributed by atoms with Crippen LogP contribution in [0.15, 0.2) is 41.0 Å². The highest BCUT2D eigenvalue weighted by atomic mass is 32.2. The highest BCUT2D eigenvalue weighted by molar-refractivity contribution is 7.97. The monoisotopic (exact) mass is 263 g/mol. The van der Waals surface area contributed by atoms with E-state index in [1.165, 1.54) is 5.56 Å². The molecule has 0 radical (unpaired) electrons. The summed E-state index contributed by atoms with van der Waals surface area (Å²) in [6, 6.07) is 9.98. The number of thioether (sulfide) groups is 1. The van der Waals surface area contributed by atoms with Gasteiger partial charge in [0.1, 0.15) is 11.5 Å². The third-order valence-corrected chi connectivity index (χ3v) is 3.67. The van der Waals surface area contributed by atoms with Crippen molar-refractivity contribution in [3.05, 3.63) is 53.5 Å². The maximum atomic E-state index is 5.65. The van der Waals surface area contributed by atoms with E-state index < -0.39 is 0 Å². The maximum Gasteiger partial charge on any atom is 0.122 e. The molecule has 0 aliphatic rings. The Hall–Kier alpha value is -1.39. The standard InChI is InChI=1S/C14H17NO2S/c1-16-14-5-4-11(8-15)7-12(14)9-18-10-13-3-2-6-17-13/h2-7H,8-10,15H2,1H3. The summed E-state index contributed by atoms with van der Waals surface area (Å²) in [5.41, 5.74) is 7.96. The normalized spacial score (nSPS) is 10.6. The number of hydrogen-bond donors (Lipinski definition) is 1. The van der Waals surface area contributed by atoms with Crippen molar-refractivity contribution in [1.29, 1.82) is 0 Å². The Bertz CT molecular complexity index is 483. The minimum absolute atomic E-state index is 0.555. The molecule has 1 heterocycles. The van der Waals surface area contributed by atoms with Crippen LogP contribution in [0.5, 0.6) is 5.75 Å². The molecular formula is C14H17NO2S. The van der Waals surface area contributed by atoms with E-state index in [4.69, 9.17) is 14.9 Å². The molecule has 18 heavy (non-hydrogen) atoms. The molecule has 0 fully saturated rings. The van der Waals surface area contributed by atoms with Gasteiger partial charge >= 0.3 is 0 Å². The molecule has 0 aliphatic heterocycles. The molecule has 0 spiro atoms. The lowest BCUT2D eigenvalue weighted by Gasteiger charge is -2.09. The number of ether oxygens (including phenoxy) is 1. The molecular weight excluding hydrogens is 246 g/mol.